The molecule has 5 heteroatoms. The van der Waals surface area contributed by atoms with Crippen LogP contribution in [-0.4, -0.2) is 34.7 Å². The van der Waals surface area contributed by atoms with Gasteiger partial charge in [0.05, 0.1) is 12.5 Å². The van der Waals surface area contributed by atoms with Crippen LogP contribution in [-0.2, 0) is 9.59 Å². The molecule has 0 heterocycles. The van der Waals surface area contributed by atoms with Gasteiger partial charge in [-0.15, -0.1) is 0 Å². The van der Waals surface area contributed by atoms with Crippen molar-refractivity contribution in [3.63, 3.8) is 0 Å². The summed E-state index contributed by atoms with van der Waals surface area (Å²) in [6.45, 7) is 7.71. The summed E-state index contributed by atoms with van der Waals surface area (Å²) in [4.78, 5) is 22.2. The third-order valence-electron chi connectivity index (χ3n) is 2.55. The van der Waals surface area contributed by atoms with Crippen molar-refractivity contribution in [2.45, 2.75) is 53.1 Å². The van der Waals surface area contributed by atoms with Gasteiger partial charge >= 0.3 is 5.97 Å². The van der Waals surface area contributed by atoms with Crippen LogP contribution in [0.5, 0.6) is 0 Å². The maximum absolute atomic E-state index is 11.6. The van der Waals surface area contributed by atoms with E-state index in [1.54, 1.807) is 13.8 Å². The summed E-state index contributed by atoms with van der Waals surface area (Å²) < 4.78 is 0. The minimum Gasteiger partial charge on any atom is -0.481 e. The van der Waals surface area contributed by atoms with Crippen LogP contribution in [0.25, 0.3) is 0 Å². The van der Waals surface area contributed by atoms with Crippen LogP contribution in [0, 0.1) is 11.3 Å². The molecule has 0 aromatic heterocycles. The Morgan fingerprint density at radius 2 is 1.78 bits per heavy atom. The first-order valence-electron chi connectivity index (χ1n) is 6.29. The second kappa shape index (κ2) is 7.36. The van der Waals surface area contributed by atoms with Crippen molar-refractivity contribution < 1.29 is 19.8 Å². The molecule has 5 nitrogen and oxygen atoms in total. The standard InChI is InChI=1S/C13H25NO4/c1-9(2)5-10(15)8-14-11(16)6-13(3,4)7-12(17)18/h9-10,15H,5-8H2,1-4H3,(H,14,16)(H,17,18). The van der Waals surface area contributed by atoms with Crippen LogP contribution in [0.2, 0.25) is 0 Å². The van der Waals surface area contributed by atoms with Gasteiger partial charge in [0.1, 0.15) is 0 Å². The van der Waals surface area contributed by atoms with E-state index in [2.05, 4.69) is 5.32 Å². The monoisotopic (exact) mass is 259 g/mol. The maximum Gasteiger partial charge on any atom is 0.303 e. The zero-order valence-corrected chi connectivity index (χ0v) is 11.7. The lowest BCUT2D eigenvalue weighted by Crippen LogP contribution is -2.35. The lowest BCUT2D eigenvalue weighted by Gasteiger charge is -2.22. The number of aliphatic hydroxyl groups excluding tert-OH is 1. The van der Waals surface area contributed by atoms with Crippen molar-refractivity contribution in [1.29, 1.82) is 0 Å². The zero-order chi connectivity index (χ0) is 14.3. The molecule has 106 valence electrons. The first-order valence-corrected chi connectivity index (χ1v) is 6.29. The molecule has 0 aromatic carbocycles. The lowest BCUT2D eigenvalue weighted by molar-refractivity contribution is -0.139. The number of aliphatic hydroxyl groups is 1. The largest absolute Gasteiger partial charge is 0.481 e. The smallest absolute Gasteiger partial charge is 0.303 e. The van der Waals surface area contributed by atoms with E-state index < -0.39 is 17.5 Å². The number of rotatable bonds is 8. The number of carbonyl (C=O) groups excluding carboxylic acids is 1. The first kappa shape index (κ1) is 16.9. The molecule has 0 aliphatic carbocycles. The molecule has 0 aliphatic rings. The lowest BCUT2D eigenvalue weighted by atomic mass is 9.85. The highest BCUT2D eigenvalue weighted by atomic mass is 16.4. The van der Waals surface area contributed by atoms with Gasteiger partial charge in [-0.05, 0) is 17.8 Å². The molecular weight excluding hydrogens is 234 g/mol. The van der Waals surface area contributed by atoms with Crippen molar-refractivity contribution >= 4 is 11.9 Å². The number of carboxylic acid groups (broad SMARTS) is 1. The Bertz CT molecular complexity index is 287. The molecule has 18 heavy (non-hydrogen) atoms. The zero-order valence-electron chi connectivity index (χ0n) is 11.7. The Hall–Kier alpha value is -1.10. The van der Waals surface area contributed by atoms with Crippen molar-refractivity contribution in [1.82, 2.24) is 5.32 Å². The number of aliphatic carboxylic acids is 1. The van der Waals surface area contributed by atoms with Gasteiger partial charge in [-0.1, -0.05) is 27.7 Å². The molecule has 0 fully saturated rings. The normalized spacial score (nSPS) is 13.4. The molecule has 3 N–H and O–H groups in total. The second-order valence-electron chi connectivity index (χ2n) is 6.00. The van der Waals surface area contributed by atoms with E-state index in [1.807, 2.05) is 13.8 Å². The number of amides is 1. The van der Waals surface area contributed by atoms with E-state index in [0.29, 0.717) is 12.3 Å². The highest BCUT2D eigenvalue weighted by Crippen LogP contribution is 2.24. The molecule has 0 bridgehead atoms. The minimum atomic E-state index is -0.910. The summed E-state index contributed by atoms with van der Waals surface area (Å²) in [5.74, 6) is -0.753. The summed E-state index contributed by atoms with van der Waals surface area (Å²) in [7, 11) is 0. The molecule has 0 radical (unpaired) electrons. The van der Waals surface area contributed by atoms with Gasteiger partial charge in [0, 0.05) is 13.0 Å². The molecule has 1 atom stereocenters. The van der Waals surface area contributed by atoms with Gasteiger partial charge in [0.15, 0.2) is 0 Å². The first-order chi connectivity index (χ1) is 8.12. The van der Waals surface area contributed by atoms with Gasteiger partial charge in [0.25, 0.3) is 0 Å². The number of carboxylic acids is 1. The van der Waals surface area contributed by atoms with E-state index >= 15 is 0 Å². The maximum atomic E-state index is 11.6. The Morgan fingerprint density at radius 3 is 2.22 bits per heavy atom. The fourth-order valence-corrected chi connectivity index (χ4v) is 1.83. The minimum absolute atomic E-state index is 0.0467. The van der Waals surface area contributed by atoms with Crippen LogP contribution < -0.4 is 5.32 Å². The third kappa shape index (κ3) is 8.98. The van der Waals surface area contributed by atoms with Gasteiger partial charge in [-0.2, -0.15) is 0 Å². The second-order valence-corrected chi connectivity index (χ2v) is 6.00. The molecule has 0 saturated heterocycles. The highest BCUT2D eigenvalue weighted by Gasteiger charge is 2.25. The average Bonchev–Trinajstić information content (AvgIpc) is 2.10. The Kier molecular flexibility index (Phi) is 6.91. The van der Waals surface area contributed by atoms with Crippen LogP contribution in [0.15, 0.2) is 0 Å². The van der Waals surface area contributed by atoms with Crippen molar-refractivity contribution in [3.8, 4) is 0 Å². The molecular formula is C13H25NO4. The number of carbonyl (C=O) groups is 2. The van der Waals surface area contributed by atoms with Gasteiger partial charge in [0.2, 0.25) is 5.91 Å². The summed E-state index contributed by atoms with van der Waals surface area (Å²) >= 11 is 0. The van der Waals surface area contributed by atoms with E-state index in [4.69, 9.17) is 5.11 Å². The van der Waals surface area contributed by atoms with E-state index in [9.17, 15) is 14.7 Å². The Labute approximate surface area is 109 Å². The summed E-state index contributed by atoms with van der Waals surface area (Å²) in [5, 5.41) is 20.9. The molecule has 0 rings (SSSR count). The SMILES string of the molecule is CC(C)CC(O)CNC(=O)CC(C)(C)CC(=O)O. The quantitative estimate of drug-likeness (QED) is 0.615. The predicted octanol–water partition coefficient (Wildman–Crippen LogP) is 1.40. The summed E-state index contributed by atoms with van der Waals surface area (Å²) in [6.07, 6.45) is 0.193. The summed E-state index contributed by atoms with van der Waals surface area (Å²) in [5.41, 5.74) is -0.571. The number of hydrogen-bond donors (Lipinski definition) is 3. The molecule has 0 aromatic rings. The Balaban J connectivity index is 4.00. The van der Waals surface area contributed by atoms with Gasteiger partial charge in [-0.25, -0.2) is 0 Å². The number of hydrogen-bond acceptors (Lipinski definition) is 3. The molecule has 0 aliphatic heterocycles. The average molecular weight is 259 g/mol. The predicted molar refractivity (Wildman–Crippen MR) is 69.1 cm³/mol. The fourth-order valence-electron chi connectivity index (χ4n) is 1.83. The van der Waals surface area contributed by atoms with Crippen LogP contribution in [0.1, 0.15) is 47.0 Å². The fraction of sp³-hybridized carbons (Fsp3) is 0.846. The number of nitrogens with one attached hydrogen (secondary N) is 1. The Morgan fingerprint density at radius 1 is 1.22 bits per heavy atom. The van der Waals surface area contributed by atoms with Gasteiger partial charge in [-0.3, -0.25) is 9.59 Å². The molecule has 0 spiro atoms. The van der Waals surface area contributed by atoms with E-state index in [1.165, 1.54) is 0 Å². The van der Waals surface area contributed by atoms with Crippen LogP contribution in [0.4, 0.5) is 0 Å². The van der Waals surface area contributed by atoms with Crippen molar-refractivity contribution in [3.05, 3.63) is 0 Å². The van der Waals surface area contributed by atoms with Crippen LogP contribution >= 0.6 is 0 Å². The van der Waals surface area contributed by atoms with E-state index in [-0.39, 0.29) is 25.3 Å². The highest BCUT2D eigenvalue weighted by molar-refractivity contribution is 5.77. The van der Waals surface area contributed by atoms with Gasteiger partial charge < -0.3 is 15.5 Å². The third-order valence-corrected chi connectivity index (χ3v) is 2.55. The van der Waals surface area contributed by atoms with Crippen molar-refractivity contribution in [2.24, 2.45) is 11.3 Å². The topological polar surface area (TPSA) is 86.6 Å². The van der Waals surface area contributed by atoms with E-state index in [0.717, 1.165) is 0 Å². The molecule has 1 unspecified atom stereocenters. The van der Waals surface area contributed by atoms with Crippen LogP contribution in [0.3, 0.4) is 0 Å². The molecule has 0 saturated carbocycles. The molecule has 1 amide bonds. The van der Waals surface area contributed by atoms with Crippen molar-refractivity contribution in [2.75, 3.05) is 6.54 Å². The summed E-state index contributed by atoms with van der Waals surface area (Å²) in [6, 6.07) is 0.